The molecule has 258 valence electrons. The van der Waals surface area contributed by atoms with E-state index in [4.69, 9.17) is 9.84 Å². The molecule has 0 aromatic carbocycles. The minimum absolute atomic E-state index is 0. The number of hydrogen-bond donors (Lipinski definition) is 3. The summed E-state index contributed by atoms with van der Waals surface area (Å²) in [7, 11) is 0. The fourth-order valence-electron chi connectivity index (χ4n) is 3.42. The first kappa shape index (κ1) is 66.9. The van der Waals surface area contributed by atoms with Gasteiger partial charge in [0, 0.05) is 25.4 Å². The standard InChI is InChI=1S/C12H21NO3.C12H23NO3.9CH4/c1-3-8(2)13-11(14)9-6-4-5-7-10(9)12(15)16;1-4-10(2)13-12(15)8-6-5-7-9-16-11(3)14;;;;;;;;;/h8-10H,3-7H2,1-2H3,(H,13,14)(H,15,16);10H,4-9H2,1-3H3,(H,13,15);9*1H4. The number of amides is 2. The molecule has 0 bridgehead atoms. The van der Waals surface area contributed by atoms with Crippen LogP contribution in [0.4, 0.5) is 0 Å². The SMILES string of the molecule is C.C.C.C.C.C.C.C.C.CCC(C)NC(=O)C1CCCCC1C(=O)O.CCC(C)NC(=O)CCCCCOC(C)=O. The van der Waals surface area contributed by atoms with Gasteiger partial charge in [0.2, 0.25) is 11.8 Å². The molecular weight excluding hydrogens is 520 g/mol. The lowest BCUT2D eigenvalue weighted by atomic mass is 9.78. The molecule has 8 nitrogen and oxygen atoms in total. The second-order valence-corrected chi connectivity index (χ2v) is 8.68. The number of carbonyl (C=O) groups is 4. The Kier molecular flexibility index (Phi) is 65.3. The summed E-state index contributed by atoms with van der Waals surface area (Å²) in [5.41, 5.74) is 0. The molecule has 0 aromatic rings. The van der Waals surface area contributed by atoms with Crippen LogP contribution < -0.4 is 10.6 Å². The summed E-state index contributed by atoms with van der Waals surface area (Å²) in [4.78, 5) is 44.8. The molecule has 1 fully saturated rings. The second kappa shape index (κ2) is 40.0. The van der Waals surface area contributed by atoms with Crippen LogP contribution in [-0.2, 0) is 23.9 Å². The lowest BCUT2D eigenvalue weighted by molar-refractivity contribution is -0.149. The highest BCUT2D eigenvalue weighted by Gasteiger charge is 2.35. The highest BCUT2D eigenvalue weighted by atomic mass is 16.5. The van der Waals surface area contributed by atoms with Crippen molar-refractivity contribution in [3.63, 3.8) is 0 Å². The maximum Gasteiger partial charge on any atom is 0.307 e. The summed E-state index contributed by atoms with van der Waals surface area (Å²) >= 11 is 0. The Bertz CT molecular complexity index is 584. The van der Waals surface area contributed by atoms with E-state index in [0.29, 0.717) is 25.9 Å². The summed E-state index contributed by atoms with van der Waals surface area (Å²) in [5, 5.41) is 14.9. The predicted molar refractivity (Wildman–Crippen MR) is 185 cm³/mol. The third kappa shape index (κ3) is 34.0. The van der Waals surface area contributed by atoms with Gasteiger partial charge < -0.3 is 20.5 Å². The molecule has 4 atom stereocenters. The number of unbranched alkanes of at least 4 members (excludes halogenated alkanes) is 2. The van der Waals surface area contributed by atoms with Crippen molar-refractivity contribution in [1.82, 2.24) is 10.6 Å². The molecule has 1 saturated carbocycles. The van der Waals surface area contributed by atoms with Gasteiger partial charge in [0.1, 0.15) is 0 Å². The van der Waals surface area contributed by atoms with Crippen molar-refractivity contribution in [3.8, 4) is 0 Å². The van der Waals surface area contributed by atoms with Gasteiger partial charge in [0.25, 0.3) is 0 Å². The molecule has 1 aliphatic carbocycles. The van der Waals surface area contributed by atoms with Crippen LogP contribution in [0, 0.1) is 11.8 Å². The fourth-order valence-corrected chi connectivity index (χ4v) is 3.42. The van der Waals surface area contributed by atoms with E-state index < -0.39 is 11.9 Å². The van der Waals surface area contributed by atoms with Crippen LogP contribution in [0.1, 0.15) is 166 Å². The zero-order chi connectivity index (χ0) is 24.5. The maximum absolute atomic E-state index is 11.9. The first-order valence-corrected chi connectivity index (χ1v) is 12.1. The van der Waals surface area contributed by atoms with Gasteiger partial charge in [-0.3, -0.25) is 19.2 Å². The van der Waals surface area contributed by atoms with Crippen LogP contribution in [0.25, 0.3) is 0 Å². The Balaban J connectivity index is -0.0000000480. The molecule has 1 rings (SSSR count). The van der Waals surface area contributed by atoms with Crippen LogP contribution in [0.15, 0.2) is 0 Å². The van der Waals surface area contributed by atoms with Gasteiger partial charge in [0.15, 0.2) is 0 Å². The monoisotopic (exact) mass is 601 g/mol. The topological polar surface area (TPSA) is 122 Å². The third-order valence-corrected chi connectivity index (χ3v) is 5.79. The summed E-state index contributed by atoms with van der Waals surface area (Å²) in [5.74, 6) is -1.86. The number of hydrogen-bond acceptors (Lipinski definition) is 5. The smallest absolute Gasteiger partial charge is 0.307 e. The summed E-state index contributed by atoms with van der Waals surface area (Å²) < 4.78 is 4.79. The number of carbonyl (C=O) groups excluding carboxylic acids is 3. The minimum Gasteiger partial charge on any atom is -0.481 e. The van der Waals surface area contributed by atoms with Gasteiger partial charge >= 0.3 is 11.9 Å². The Morgan fingerprint density at radius 2 is 1.17 bits per heavy atom. The van der Waals surface area contributed by atoms with Gasteiger partial charge in [-0.05, 0) is 58.8 Å². The van der Waals surface area contributed by atoms with Gasteiger partial charge in [-0.2, -0.15) is 0 Å². The molecule has 0 saturated heterocycles. The van der Waals surface area contributed by atoms with Crippen molar-refractivity contribution in [1.29, 1.82) is 0 Å². The molecule has 0 radical (unpaired) electrons. The van der Waals surface area contributed by atoms with E-state index in [0.717, 1.165) is 44.9 Å². The van der Waals surface area contributed by atoms with E-state index in [9.17, 15) is 19.2 Å². The van der Waals surface area contributed by atoms with Crippen LogP contribution in [-0.4, -0.2) is 47.6 Å². The van der Waals surface area contributed by atoms with Crippen molar-refractivity contribution >= 4 is 23.8 Å². The Morgan fingerprint density at radius 1 is 0.732 bits per heavy atom. The van der Waals surface area contributed by atoms with Crippen molar-refractivity contribution in [2.24, 2.45) is 11.8 Å². The molecule has 0 spiro atoms. The lowest BCUT2D eigenvalue weighted by Crippen LogP contribution is -2.42. The highest BCUT2D eigenvalue weighted by Crippen LogP contribution is 2.30. The van der Waals surface area contributed by atoms with Gasteiger partial charge in [-0.1, -0.05) is 93.5 Å². The number of ether oxygens (including phenoxy) is 1. The number of aliphatic carboxylic acids is 1. The van der Waals surface area contributed by atoms with Crippen molar-refractivity contribution in [2.75, 3.05) is 6.61 Å². The first-order chi connectivity index (χ1) is 15.1. The van der Waals surface area contributed by atoms with E-state index >= 15 is 0 Å². The van der Waals surface area contributed by atoms with E-state index in [1.165, 1.54) is 6.92 Å². The first-order valence-electron chi connectivity index (χ1n) is 12.1. The van der Waals surface area contributed by atoms with Gasteiger partial charge in [-0.25, -0.2) is 0 Å². The average Bonchev–Trinajstić information content (AvgIpc) is 2.76. The molecule has 1 aliphatic rings. The summed E-state index contributed by atoms with van der Waals surface area (Å²) in [6, 6.07) is 0.386. The summed E-state index contributed by atoms with van der Waals surface area (Å²) in [6.07, 6.45) is 8.21. The molecule has 41 heavy (non-hydrogen) atoms. The van der Waals surface area contributed by atoms with Gasteiger partial charge in [0.05, 0.1) is 18.4 Å². The quantitative estimate of drug-likeness (QED) is 0.151. The fraction of sp³-hybridized carbons (Fsp3) is 0.879. The number of rotatable bonds is 12. The zero-order valence-electron chi connectivity index (χ0n) is 20.6. The van der Waals surface area contributed by atoms with E-state index in [1.807, 2.05) is 27.7 Å². The molecule has 0 heterocycles. The summed E-state index contributed by atoms with van der Waals surface area (Å²) in [6.45, 7) is 9.85. The van der Waals surface area contributed by atoms with Crippen molar-refractivity contribution < 1.29 is 29.0 Å². The Labute approximate surface area is 259 Å². The molecule has 3 N–H and O–H groups in total. The zero-order valence-corrected chi connectivity index (χ0v) is 20.6. The number of nitrogens with one attached hydrogen (secondary N) is 2. The number of carboxylic acid groups (broad SMARTS) is 1. The minimum atomic E-state index is -0.830. The predicted octanol–water partition coefficient (Wildman–Crippen LogP) is 9.54. The van der Waals surface area contributed by atoms with Crippen LogP contribution in [0.3, 0.4) is 0 Å². The number of carboxylic acids is 1. The largest absolute Gasteiger partial charge is 0.481 e. The molecule has 0 aromatic heterocycles. The third-order valence-electron chi connectivity index (χ3n) is 5.79. The van der Waals surface area contributed by atoms with Crippen LogP contribution >= 0.6 is 0 Å². The Morgan fingerprint density at radius 3 is 1.59 bits per heavy atom. The molecule has 2 amide bonds. The van der Waals surface area contributed by atoms with Crippen LogP contribution in [0.5, 0.6) is 0 Å². The molecule has 0 aliphatic heterocycles. The van der Waals surface area contributed by atoms with Crippen molar-refractivity contribution in [3.05, 3.63) is 0 Å². The molecular formula is C33H80N2O6. The van der Waals surface area contributed by atoms with E-state index in [2.05, 4.69) is 10.6 Å². The maximum atomic E-state index is 11.9. The van der Waals surface area contributed by atoms with Crippen LogP contribution in [0.2, 0.25) is 0 Å². The van der Waals surface area contributed by atoms with E-state index in [-0.39, 0.29) is 103 Å². The molecule has 8 heteroatoms. The normalized spacial score (nSPS) is 15.2. The Hall–Kier alpha value is -2.12. The van der Waals surface area contributed by atoms with Crippen molar-refractivity contribution in [2.45, 2.75) is 178 Å². The van der Waals surface area contributed by atoms with Gasteiger partial charge in [-0.15, -0.1) is 0 Å². The second-order valence-electron chi connectivity index (χ2n) is 8.68. The molecule has 4 unspecified atom stereocenters. The number of esters is 1. The average molecular weight is 601 g/mol. The van der Waals surface area contributed by atoms with E-state index in [1.54, 1.807) is 0 Å². The lowest BCUT2D eigenvalue weighted by Gasteiger charge is -2.28. The highest BCUT2D eigenvalue weighted by molar-refractivity contribution is 5.85.